The lowest BCUT2D eigenvalue weighted by Gasteiger charge is -2.09. The molecule has 0 saturated carbocycles. The van der Waals surface area contributed by atoms with Crippen LogP contribution >= 0.6 is 15.9 Å². The van der Waals surface area contributed by atoms with E-state index >= 15 is 0 Å². The molecule has 3 nitrogen and oxygen atoms in total. The van der Waals surface area contributed by atoms with Crippen molar-refractivity contribution in [3.05, 3.63) is 46.2 Å². The van der Waals surface area contributed by atoms with E-state index in [0.29, 0.717) is 16.0 Å². The molecule has 0 aliphatic rings. The van der Waals surface area contributed by atoms with E-state index < -0.39 is 11.7 Å². The Morgan fingerprint density at radius 2 is 1.84 bits per heavy atom. The zero-order valence-corrected chi connectivity index (χ0v) is 11.3. The van der Waals surface area contributed by atoms with Gasteiger partial charge < -0.3 is 0 Å². The van der Waals surface area contributed by atoms with Gasteiger partial charge in [0.15, 0.2) is 5.78 Å². The highest BCUT2D eigenvalue weighted by molar-refractivity contribution is 9.10. The van der Waals surface area contributed by atoms with Gasteiger partial charge in [-0.2, -0.15) is 18.3 Å². The molecule has 2 aromatic rings. The van der Waals surface area contributed by atoms with Crippen molar-refractivity contribution in [3.8, 4) is 5.69 Å². The number of alkyl halides is 3. The molecule has 19 heavy (non-hydrogen) atoms. The smallest absolute Gasteiger partial charge is 0.293 e. The molecule has 1 heterocycles. The largest absolute Gasteiger partial charge is 0.416 e. The summed E-state index contributed by atoms with van der Waals surface area (Å²) in [5.74, 6) is -0.224. The summed E-state index contributed by atoms with van der Waals surface area (Å²) in [7, 11) is 0. The molecular weight excluding hydrogens is 325 g/mol. The van der Waals surface area contributed by atoms with Crippen LogP contribution in [0, 0.1) is 0 Å². The van der Waals surface area contributed by atoms with E-state index in [0.717, 1.165) is 12.1 Å². The van der Waals surface area contributed by atoms with Crippen LogP contribution in [0.4, 0.5) is 13.2 Å². The van der Waals surface area contributed by atoms with Crippen molar-refractivity contribution in [3.63, 3.8) is 0 Å². The topological polar surface area (TPSA) is 34.9 Å². The van der Waals surface area contributed by atoms with Crippen LogP contribution in [-0.4, -0.2) is 15.6 Å². The number of hydrogen-bond donors (Lipinski definition) is 0. The maximum Gasteiger partial charge on any atom is 0.416 e. The second-order valence-corrected chi connectivity index (χ2v) is 4.68. The minimum atomic E-state index is -4.38. The maximum absolute atomic E-state index is 12.4. The molecule has 0 N–H and O–H groups in total. The molecule has 100 valence electrons. The molecular formula is C12H8BrF3N2O. The van der Waals surface area contributed by atoms with E-state index in [9.17, 15) is 18.0 Å². The number of Topliss-reactive ketones (excluding diaryl/α,β-unsaturated/α-hetero) is 1. The molecule has 0 saturated heterocycles. The molecule has 1 aromatic heterocycles. The molecule has 0 spiro atoms. The second-order valence-electron chi connectivity index (χ2n) is 3.86. The molecule has 0 amide bonds. The lowest BCUT2D eigenvalue weighted by atomic mass is 10.2. The molecule has 0 aliphatic carbocycles. The fraction of sp³-hybridized carbons (Fsp3) is 0.167. The predicted molar refractivity (Wildman–Crippen MR) is 66.3 cm³/mol. The summed E-state index contributed by atoms with van der Waals surface area (Å²) < 4.78 is 39.1. The molecule has 2 rings (SSSR count). The van der Waals surface area contributed by atoms with Crippen LogP contribution in [0.5, 0.6) is 0 Å². The van der Waals surface area contributed by atoms with E-state index in [4.69, 9.17) is 0 Å². The van der Waals surface area contributed by atoms with Gasteiger partial charge in [-0.15, -0.1) is 0 Å². The Kier molecular flexibility index (Phi) is 3.49. The number of carbonyl (C=O) groups is 1. The Hall–Kier alpha value is -1.63. The first-order valence-corrected chi connectivity index (χ1v) is 6.02. The average molecular weight is 333 g/mol. The molecule has 0 unspecified atom stereocenters. The zero-order chi connectivity index (χ0) is 14.2. The van der Waals surface area contributed by atoms with Gasteiger partial charge in [0.25, 0.3) is 0 Å². The number of aromatic nitrogens is 2. The van der Waals surface area contributed by atoms with E-state index in [2.05, 4.69) is 21.0 Å². The van der Waals surface area contributed by atoms with Gasteiger partial charge in [-0.05, 0) is 40.2 Å². The van der Waals surface area contributed by atoms with Crippen molar-refractivity contribution < 1.29 is 18.0 Å². The molecule has 7 heteroatoms. The Labute approximate surface area is 115 Å². The van der Waals surface area contributed by atoms with Gasteiger partial charge in [0.05, 0.1) is 11.3 Å². The molecule has 1 aromatic carbocycles. The monoisotopic (exact) mass is 332 g/mol. The summed E-state index contributed by atoms with van der Waals surface area (Å²) in [6.45, 7) is 1.37. The first-order valence-electron chi connectivity index (χ1n) is 5.23. The number of nitrogens with zero attached hydrogens (tertiary/aromatic N) is 2. The van der Waals surface area contributed by atoms with Gasteiger partial charge in [0, 0.05) is 13.0 Å². The summed E-state index contributed by atoms with van der Waals surface area (Å²) in [6, 6.07) is 5.97. The second kappa shape index (κ2) is 4.80. The third-order valence-electron chi connectivity index (χ3n) is 2.48. The molecule has 0 bridgehead atoms. The SMILES string of the molecule is CC(=O)c1cc(Br)nn1-c1ccc(C(F)(F)F)cc1. The lowest BCUT2D eigenvalue weighted by molar-refractivity contribution is -0.137. The summed E-state index contributed by atoms with van der Waals surface area (Å²) in [5.41, 5.74) is -0.0534. The lowest BCUT2D eigenvalue weighted by Crippen LogP contribution is -2.08. The molecule has 0 atom stereocenters. The van der Waals surface area contributed by atoms with E-state index in [1.54, 1.807) is 0 Å². The highest BCUT2D eigenvalue weighted by Gasteiger charge is 2.30. The number of ketones is 1. The summed E-state index contributed by atoms with van der Waals surface area (Å²) in [5, 5.41) is 4.03. The van der Waals surface area contributed by atoms with Gasteiger partial charge in [-0.1, -0.05) is 0 Å². The molecule has 0 aliphatic heterocycles. The number of hydrogen-bond acceptors (Lipinski definition) is 2. The normalized spacial score (nSPS) is 11.6. The van der Waals surface area contributed by atoms with Crippen LogP contribution in [0.25, 0.3) is 5.69 Å². The van der Waals surface area contributed by atoms with E-state index in [1.807, 2.05) is 0 Å². The fourth-order valence-corrected chi connectivity index (χ4v) is 1.97. The number of halogens is 4. The van der Waals surface area contributed by atoms with Gasteiger partial charge in [0.1, 0.15) is 10.3 Å². The van der Waals surface area contributed by atoms with Crippen LogP contribution in [0.3, 0.4) is 0 Å². The average Bonchev–Trinajstić information content (AvgIpc) is 2.70. The molecule has 0 radical (unpaired) electrons. The van der Waals surface area contributed by atoms with Gasteiger partial charge in [-0.3, -0.25) is 4.79 Å². The van der Waals surface area contributed by atoms with Crippen molar-refractivity contribution in [2.24, 2.45) is 0 Å². The van der Waals surface area contributed by atoms with Crippen molar-refractivity contribution >= 4 is 21.7 Å². The van der Waals surface area contributed by atoms with Crippen LogP contribution in [0.1, 0.15) is 23.0 Å². The summed E-state index contributed by atoms with van der Waals surface area (Å²) in [4.78, 5) is 11.4. The van der Waals surface area contributed by atoms with Crippen LogP contribution in [0.2, 0.25) is 0 Å². The first kappa shape index (κ1) is 13.8. The van der Waals surface area contributed by atoms with Crippen molar-refractivity contribution in [2.75, 3.05) is 0 Å². The Morgan fingerprint density at radius 1 is 1.26 bits per heavy atom. The van der Waals surface area contributed by atoms with Crippen molar-refractivity contribution in [2.45, 2.75) is 13.1 Å². The maximum atomic E-state index is 12.4. The molecule has 0 fully saturated rings. The van der Waals surface area contributed by atoms with Gasteiger partial charge in [0.2, 0.25) is 0 Å². The first-order chi connectivity index (χ1) is 8.79. The number of benzene rings is 1. The van der Waals surface area contributed by atoms with Crippen LogP contribution in [-0.2, 0) is 6.18 Å². The summed E-state index contributed by atoms with van der Waals surface area (Å²) >= 11 is 3.13. The van der Waals surface area contributed by atoms with Gasteiger partial charge in [-0.25, -0.2) is 4.68 Å². The van der Waals surface area contributed by atoms with Crippen LogP contribution < -0.4 is 0 Å². The number of carbonyl (C=O) groups excluding carboxylic acids is 1. The number of rotatable bonds is 2. The minimum absolute atomic E-state index is 0.224. The standard InChI is InChI=1S/C12H8BrF3N2O/c1-7(19)10-6-11(13)17-18(10)9-4-2-8(3-5-9)12(14,15)16/h2-6H,1H3. The van der Waals surface area contributed by atoms with Crippen LogP contribution in [0.15, 0.2) is 34.9 Å². The summed E-state index contributed by atoms with van der Waals surface area (Å²) in [6.07, 6.45) is -4.38. The van der Waals surface area contributed by atoms with Crippen molar-refractivity contribution in [1.29, 1.82) is 0 Å². The highest BCUT2D eigenvalue weighted by atomic mass is 79.9. The highest BCUT2D eigenvalue weighted by Crippen LogP contribution is 2.29. The quantitative estimate of drug-likeness (QED) is 0.783. The Balaban J connectivity index is 2.46. The fourth-order valence-electron chi connectivity index (χ4n) is 1.59. The minimum Gasteiger partial charge on any atom is -0.293 e. The van der Waals surface area contributed by atoms with Crippen molar-refractivity contribution in [1.82, 2.24) is 9.78 Å². The third-order valence-corrected chi connectivity index (χ3v) is 2.87. The Bertz CT molecular complexity index is 617. The zero-order valence-electron chi connectivity index (χ0n) is 9.70. The van der Waals surface area contributed by atoms with E-state index in [1.165, 1.54) is 29.8 Å². The van der Waals surface area contributed by atoms with E-state index in [-0.39, 0.29) is 5.78 Å². The predicted octanol–water partition coefficient (Wildman–Crippen LogP) is 3.86. The van der Waals surface area contributed by atoms with Gasteiger partial charge >= 0.3 is 6.18 Å². The third kappa shape index (κ3) is 2.86. The Morgan fingerprint density at radius 3 is 2.32 bits per heavy atom.